The first kappa shape index (κ1) is 9.53. The van der Waals surface area contributed by atoms with Gasteiger partial charge in [0.05, 0.1) is 4.91 Å². The highest BCUT2D eigenvalue weighted by atomic mass is 32.2. The van der Waals surface area contributed by atoms with Crippen LogP contribution < -0.4 is 0 Å². The van der Waals surface area contributed by atoms with E-state index in [2.05, 4.69) is 0 Å². The Labute approximate surface area is 88.2 Å². The van der Waals surface area contributed by atoms with E-state index in [4.69, 9.17) is 0 Å². The van der Waals surface area contributed by atoms with Gasteiger partial charge < -0.3 is 0 Å². The van der Waals surface area contributed by atoms with Crippen LogP contribution in [0.5, 0.6) is 0 Å². The maximum atomic E-state index is 11.6. The van der Waals surface area contributed by atoms with E-state index >= 15 is 0 Å². The molecule has 0 saturated heterocycles. The van der Waals surface area contributed by atoms with Gasteiger partial charge in [0.2, 0.25) is 0 Å². The number of allylic oxidation sites excluding steroid dienone is 2. The lowest BCUT2D eigenvalue weighted by atomic mass is 9.79. The van der Waals surface area contributed by atoms with Gasteiger partial charge in [0.15, 0.2) is 5.78 Å². The third kappa shape index (κ3) is 1.62. The van der Waals surface area contributed by atoms with Crippen molar-refractivity contribution in [3.63, 3.8) is 0 Å². The van der Waals surface area contributed by atoms with Crippen LogP contribution in [0.3, 0.4) is 0 Å². The van der Waals surface area contributed by atoms with Crippen molar-refractivity contribution in [2.75, 3.05) is 0 Å². The molecule has 1 aromatic carbocycles. The molecule has 0 amide bonds. The van der Waals surface area contributed by atoms with E-state index in [1.807, 2.05) is 50.3 Å². The summed E-state index contributed by atoms with van der Waals surface area (Å²) in [5, 5.41) is 0. The SMILES string of the molecule is CC1(C)C=C(Sc2ccccc2)C1=O. The van der Waals surface area contributed by atoms with Crippen LogP contribution in [-0.4, -0.2) is 5.78 Å². The van der Waals surface area contributed by atoms with E-state index in [0.717, 1.165) is 9.80 Å². The number of Topliss-reactive ketones (excluding diaryl/α,β-unsaturated/α-hetero) is 1. The maximum Gasteiger partial charge on any atom is 0.178 e. The Bertz CT molecular complexity index is 390. The van der Waals surface area contributed by atoms with Gasteiger partial charge in [0, 0.05) is 10.3 Å². The van der Waals surface area contributed by atoms with Gasteiger partial charge in [-0.05, 0) is 26.0 Å². The second-order valence-corrected chi connectivity index (χ2v) is 5.09. The molecule has 0 N–H and O–H groups in total. The summed E-state index contributed by atoms with van der Waals surface area (Å²) in [7, 11) is 0. The fraction of sp³-hybridized carbons (Fsp3) is 0.250. The van der Waals surface area contributed by atoms with E-state index in [1.54, 1.807) is 11.8 Å². The molecule has 0 spiro atoms. The van der Waals surface area contributed by atoms with Crippen LogP contribution in [0, 0.1) is 5.41 Å². The number of carbonyl (C=O) groups is 1. The molecule has 0 radical (unpaired) electrons. The number of hydrogen-bond donors (Lipinski definition) is 0. The highest BCUT2D eigenvalue weighted by molar-refractivity contribution is 8.04. The smallest absolute Gasteiger partial charge is 0.178 e. The second-order valence-electron chi connectivity index (χ2n) is 3.97. The Kier molecular flexibility index (Phi) is 2.23. The lowest BCUT2D eigenvalue weighted by molar-refractivity contribution is -0.122. The van der Waals surface area contributed by atoms with E-state index in [-0.39, 0.29) is 11.2 Å². The third-order valence-corrected chi connectivity index (χ3v) is 3.30. The van der Waals surface area contributed by atoms with Gasteiger partial charge in [-0.3, -0.25) is 4.79 Å². The normalized spacial score (nSPS) is 18.7. The molecule has 14 heavy (non-hydrogen) atoms. The van der Waals surface area contributed by atoms with Crippen molar-refractivity contribution in [1.29, 1.82) is 0 Å². The number of ketones is 1. The number of carbonyl (C=O) groups excluding carboxylic acids is 1. The number of thioether (sulfide) groups is 1. The predicted octanol–water partition coefficient (Wildman–Crippen LogP) is 3.27. The quantitative estimate of drug-likeness (QED) is 0.735. The second kappa shape index (κ2) is 3.28. The fourth-order valence-corrected chi connectivity index (χ4v) is 2.65. The lowest BCUT2D eigenvalue weighted by Crippen LogP contribution is -2.31. The van der Waals surface area contributed by atoms with Crippen LogP contribution in [0.4, 0.5) is 0 Å². The Balaban J connectivity index is 2.13. The molecule has 0 bridgehead atoms. The molecule has 1 nitrogen and oxygen atoms in total. The van der Waals surface area contributed by atoms with Crippen LogP contribution >= 0.6 is 11.8 Å². The first-order chi connectivity index (χ1) is 6.59. The molecule has 0 fully saturated rings. The number of hydrogen-bond acceptors (Lipinski definition) is 2. The molecule has 2 heteroatoms. The highest BCUT2D eigenvalue weighted by Gasteiger charge is 2.37. The van der Waals surface area contributed by atoms with Gasteiger partial charge >= 0.3 is 0 Å². The lowest BCUT2D eigenvalue weighted by Gasteiger charge is -2.30. The number of benzene rings is 1. The molecule has 1 aliphatic rings. The van der Waals surface area contributed by atoms with Gasteiger partial charge in [0.25, 0.3) is 0 Å². The molecule has 72 valence electrons. The molecule has 1 aromatic rings. The van der Waals surface area contributed by atoms with Gasteiger partial charge in [0.1, 0.15) is 0 Å². The van der Waals surface area contributed by atoms with Crippen molar-refractivity contribution in [2.24, 2.45) is 5.41 Å². The van der Waals surface area contributed by atoms with Gasteiger partial charge in [-0.25, -0.2) is 0 Å². The zero-order chi connectivity index (χ0) is 10.2. The largest absolute Gasteiger partial charge is 0.293 e. The average Bonchev–Trinajstić information content (AvgIpc) is 2.18. The molecule has 0 unspecified atom stereocenters. The topological polar surface area (TPSA) is 17.1 Å². The minimum Gasteiger partial charge on any atom is -0.293 e. The summed E-state index contributed by atoms with van der Waals surface area (Å²) in [6.45, 7) is 3.90. The van der Waals surface area contributed by atoms with Crippen molar-refractivity contribution in [1.82, 2.24) is 0 Å². The molecule has 0 aromatic heterocycles. The Morgan fingerprint density at radius 2 is 1.79 bits per heavy atom. The van der Waals surface area contributed by atoms with Crippen LogP contribution in [0.25, 0.3) is 0 Å². The van der Waals surface area contributed by atoms with Crippen LogP contribution in [0.15, 0.2) is 46.2 Å². The van der Waals surface area contributed by atoms with Crippen LogP contribution in [0.1, 0.15) is 13.8 Å². The van der Waals surface area contributed by atoms with E-state index < -0.39 is 0 Å². The standard InChI is InChI=1S/C12H12OS/c1-12(2)8-10(11(12)13)14-9-6-4-3-5-7-9/h3-8H,1-2H3. The summed E-state index contributed by atoms with van der Waals surface area (Å²) in [6, 6.07) is 9.98. The molecule has 0 atom stereocenters. The van der Waals surface area contributed by atoms with E-state index in [1.165, 1.54) is 0 Å². The summed E-state index contributed by atoms with van der Waals surface area (Å²) in [5.74, 6) is 0.256. The van der Waals surface area contributed by atoms with Crippen molar-refractivity contribution in [3.8, 4) is 0 Å². The molecule has 2 rings (SSSR count). The molecule has 0 aliphatic heterocycles. The van der Waals surface area contributed by atoms with Crippen LogP contribution in [0.2, 0.25) is 0 Å². The van der Waals surface area contributed by atoms with Crippen molar-refractivity contribution in [2.45, 2.75) is 18.7 Å². The summed E-state index contributed by atoms with van der Waals surface area (Å²) in [6.07, 6.45) is 2.03. The summed E-state index contributed by atoms with van der Waals surface area (Å²) < 4.78 is 0. The summed E-state index contributed by atoms with van der Waals surface area (Å²) in [5.41, 5.74) is -0.239. The minimum absolute atomic E-state index is 0.239. The first-order valence-electron chi connectivity index (χ1n) is 4.60. The third-order valence-electron chi connectivity index (χ3n) is 2.27. The molecule has 0 heterocycles. The maximum absolute atomic E-state index is 11.6. The zero-order valence-corrected chi connectivity index (χ0v) is 9.10. The Morgan fingerprint density at radius 3 is 2.29 bits per heavy atom. The predicted molar refractivity (Wildman–Crippen MR) is 59.2 cm³/mol. The fourth-order valence-electron chi connectivity index (χ4n) is 1.39. The highest BCUT2D eigenvalue weighted by Crippen LogP contribution is 2.42. The Morgan fingerprint density at radius 1 is 1.14 bits per heavy atom. The first-order valence-corrected chi connectivity index (χ1v) is 5.42. The zero-order valence-electron chi connectivity index (χ0n) is 8.28. The summed E-state index contributed by atoms with van der Waals surface area (Å²) in [4.78, 5) is 13.6. The van der Waals surface area contributed by atoms with Crippen molar-refractivity contribution >= 4 is 17.5 Å². The minimum atomic E-state index is -0.239. The van der Waals surface area contributed by atoms with E-state index in [0.29, 0.717) is 0 Å². The monoisotopic (exact) mass is 204 g/mol. The van der Waals surface area contributed by atoms with Gasteiger partial charge in [-0.2, -0.15) is 0 Å². The average molecular weight is 204 g/mol. The van der Waals surface area contributed by atoms with Gasteiger partial charge in [-0.15, -0.1) is 0 Å². The van der Waals surface area contributed by atoms with Crippen molar-refractivity contribution < 1.29 is 4.79 Å². The summed E-state index contributed by atoms with van der Waals surface area (Å²) >= 11 is 1.55. The number of rotatable bonds is 2. The molecule has 0 saturated carbocycles. The van der Waals surface area contributed by atoms with E-state index in [9.17, 15) is 4.79 Å². The van der Waals surface area contributed by atoms with Crippen LogP contribution in [-0.2, 0) is 4.79 Å². The van der Waals surface area contributed by atoms with Gasteiger partial charge in [-0.1, -0.05) is 36.0 Å². The molecular weight excluding hydrogens is 192 g/mol. The molecular formula is C12H12OS. The molecule has 1 aliphatic carbocycles. The Hall–Kier alpha value is -1.02. The van der Waals surface area contributed by atoms with Crippen molar-refractivity contribution in [3.05, 3.63) is 41.3 Å².